The van der Waals surface area contributed by atoms with Crippen LogP contribution in [-0.2, 0) is 18.4 Å². The molecule has 0 saturated heterocycles. The molecule has 0 radical (unpaired) electrons. The smallest absolute Gasteiger partial charge is 0.328 e. The second kappa shape index (κ2) is 6.30. The Morgan fingerprint density at radius 2 is 1.96 bits per heavy atom. The zero-order valence-electron chi connectivity index (χ0n) is 13.8. The van der Waals surface area contributed by atoms with Gasteiger partial charge < -0.3 is 9.84 Å². The van der Waals surface area contributed by atoms with Gasteiger partial charge in [0, 0.05) is 25.7 Å². The summed E-state index contributed by atoms with van der Waals surface area (Å²) in [6, 6.07) is 2.86. The zero-order valence-corrected chi connectivity index (χ0v) is 13.8. The second-order valence-electron chi connectivity index (χ2n) is 6.48. The summed E-state index contributed by atoms with van der Waals surface area (Å²) in [6.07, 6.45) is 2.82. The lowest BCUT2D eigenvalue weighted by Gasteiger charge is -2.26. The van der Waals surface area contributed by atoms with Gasteiger partial charge in [0.05, 0.1) is 24.1 Å². The van der Waals surface area contributed by atoms with Gasteiger partial charge in [-0.1, -0.05) is 0 Å². The predicted octanol–water partition coefficient (Wildman–Crippen LogP) is 2.38. The predicted molar refractivity (Wildman–Crippen MR) is 86.8 cm³/mol. The molecule has 0 atom stereocenters. The van der Waals surface area contributed by atoms with Crippen molar-refractivity contribution in [2.75, 3.05) is 7.11 Å². The maximum Gasteiger partial charge on any atom is 0.328 e. The number of nitrogens with zero attached hydrogens (tertiary/aromatic N) is 2. The number of benzene rings is 1. The van der Waals surface area contributed by atoms with Crippen molar-refractivity contribution in [1.82, 2.24) is 9.13 Å². The number of hydrogen-bond acceptors (Lipinski definition) is 3. The molecule has 1 aliphatic carbocycles. The Bertz CT molecular complexity index is 831. The minimum Gasteiger partial charge on any atom is -0.494 e. The summed E-state index contributed by atoms with van der Waals surface area (Å²) in [7, 11) is 3.01. The summed E-state index contributed by atoms with van der Waals surface area (Å²) in [5.74, 6) is -1.16. The largest absolute Gasteiger partial charge is 0.494 e. The maximum atomic E-state index is 13.9. The number of aliphatic carboxylic acids is 1. The van der Waals surface area contributed by atoms with E-state index in [1.807, 2.05) is 0 Å². The molecule has 24 heavy (non-hydrogen) atoms. The van der Waals surface area contributed by atoms with Gasteiger partial charge in [0.15, 0.2) is 11.6 Å². The van der Waals surface area contributed by atoms with Crippen molar-refractivity contribution in [3.05, 3.63) is 28.4 Å². The van der Waals surface area contributed by atoms with E-state index in [9.17, 15) is 14.0 Å². The highest BCUT2D eigenvalue weighted by atomic mass is 19.1. The van der Waals surface area contributed by atoms with Crippen molar-refractivity contribution in [1.29, 1.82) is 0 Å². The minimum atomic E-state index is -0.740. The Hall–Kier alpha value is -2.31. The lowest BCUT2D eigenvalue weighted by molar-refractivity contribution is -0.143. The van der Waals surface area contributed by atoms with Crippen LogP contribution in [0.3, 0.4) is 0 Å². The van der Waals surface area contributed by atoms with E-state index in [0.29, 0.717) is 30.4 Å². The van der Waals surface area contributed by atoms with Crippen LogP contribution < -0.4 is 10.4 Å². The van der Waals surface area contributed by atoms with Crippen LogP contribution in [0.2, 0.25) is 0 Å². The first kappa shape index (κ1) is 16.5. The molecule has 1 saturated carbocycles. The van der Waals surface area contributed by atoms with Crippen molar-refractivity contribution in [3.8, 4) is 5.75 Å². The first-order valence-electron chi connectivity index (χ1n) is 8.08. The Kier molecular flexibility index (Phi) is 4.34. The molecule has 0 aliphatic heterocycles. The molecule has 6 nitrogen and oxygen atoms in total. The van der Waals surface area contributed by atoms with E-state index in [0.717, 1.165) is 12.8 Å². The summed E-state index contributed by atoms with van der Waals surface area (Å²) >= 11 is 0. The number of imidazole rings is 1. The molecule has 1 aliphatic rings. The highest BCUT2D eigenvalue weighted by Crippen LogP contribution is 2.31. The molecule has 1 aromatic heterocycles. The summed E-state index contributed by atoms with van der Waals surface area (Å²) in [6.45, 7) is 0.511. The number of methoxy groups -OCH3 is 1. The van der Waals surface area contributed by atoms with E-state index < -0.39 is 11.8 Å². The summed E-state index contributed by atoms with van der Waals surface area (Å²) in [5, 5.41) is 9.08. The first-order valence-corrected chi connectivity index (χ1v) is 8.08. The Morgan fingerprint density at radius 1 is 1.29 bits per heavy atom. The van der Waals surface area contributed by atoms with Crippen LogP contribution in [0.15, 0.2) is 16.9 Å². The minimum absolute atomic E-state index is 0.108. The zero-order chi connectivity index (χ0) is 17.4. The molecular formula is C17H21FN2O4. The molecule has 1 N–H and O–H groups in total. The molecule has 7 heteroatoms. The molecule has 2 aromatic rings. The third kappa shape index (κ3) is 2.79. The molecule has 1 aromatic carbocycles. The van der Waals surface area contributed by atoms with E-state index >= 15 is 0 Å². The number of hydrogen-bond donors (Lipinski definition) is 1. The number of rotatable bonds is 4. The molecule has 0 amide bonds. The molecule has 0 unspecified atom stereocenters. The average Bonchev–Trinajstić information content (AvgIpc) is 2.79. The van der Waals surface area contributed by atoms with Gasteiger partial charge in [-0.15, -0.1) is 0 Å². The van der Waals surface area contributed by atoms with E-state index in [4.69, 9.17) is 9.84 Å². The molecule has 130 valence electrons. The second-order valence-corrected chi connectivity index (χ2v) is 6.48. The van der Waals surface area contributed by atoms with Crippen LogP contribution in [0.4, 0.5) is 4.39 Å². The number of aromatic nitrogens is 2. The molecule has 1 fully saturated rings. The third-order valence-electron chi connectivity index (χ3n) is 5.06. The maximum absolute atomic E-state index is 13.9. The summed E-state index contributed by atoms with van der Waals surface area (Å²) in [5.41, 5.74) is 0.969. The molecule has 3 rings (SSSR count). The lowest BCUT2D eigenvalue weighted by atomic mass is 9.82. The Morgan fingerprint density at radius 3 is 2.54 bits per heavy atom. The Balaban J connectivity index is 1.91. The number of carbonyl (C=O) groups is 1. The normalized spacial score (nSPS) is 21.1. The van der Waals surface area contributed by atoms with Crippen molar-refractivity contribution < 1.29 is 19.0 Å². The standard InChI is InChI=1S/C17H21FN2O4/c1-19-13-7-12(18)15(24-2)8-14(13)20(17(19)23)9-10-3-5-11(6-4-10)16(21)22/h7-8,10-11H,3-6,9H2,1-2H3,(H,21,22)/t10-,11-. The van der Waals surface area contributed by atoms with Gasteiger partial charge in [-0.25, -0.2) is 9.18 Å². The fourth-order valence-corrected chi connectivity index (χ4v) is 3.59. The van der Waals surface area contributed by atoms with Crippen molar-refractivity contribution in [2.24, 2.45) is 18.9 Å². The lowest BCUT2D eigenvalue weighted by Crippen LogP contribution is -2.28. The quantitative estimate of drug-likeness (QED) is 0.930. The fraction of sp³-hybridized carbons (Fsp3) is 0.529. The van der Waals surface area contributed by atoms with Gasteiger partial charge >= 0.3 is 11.7 Å². The van der Waals surface area contributed by atoms with Gasteiger partial charge in [-0.2, -0.15) is 0 Å². The number of halogens is 1. The van der Waals surface area contributed by atoms with Crippen LogP contribution in [0.5, 0.6) is 5.75 Å². The molecule has 0 bridgehead atoms. The number of fused-ring (bicyclic) bond motifs is 1. The highest BCUT2D eigenvalue weighted by molar-refractivity contribution is 5.78. The summed E-state index contributed by atoms with van der Waals surface area (Å²) < 4.78 is 22.0. The van der Waals surface area contributed by atoms with Crippen molar-refractivity contribution in [2.45, 2.75) is 32.2 Å². The highest BCUT2D eigenvalue weighted by Gasteiger charge is 2.27. The molecule has 0 spiro atoms. The van der Waals surface area contributed by atoms with Crippen molar-refractivity contribution >= 4 is 17.0 Å². The number of carboxylic acid groups (broad SMARTS) is 1. The SMILES string of the molecule is COc1cc2c(cc1F)n(C)c(=O)n2C[C@H]1CC[C@H](C(=O)O)CC1. The van der Waals surface area contributed by atoms with Gasteiger partial charge in [0.2, 0.25) is 0 Å². The summed E-state index contributed by atoms with van der Waals surface area (Å²) in [4.78, 5) is 23.6. The van der Waals surface area contributed by atoms with Crippen LogP contribution in [-0.4, -0.2) is 27.3 Å². The number of aryl methyl sites for hydroxylation is 1. The average molecular weight is 336 g/mol. The third-order valence-corrected chi connectivity index (χ3v) is 5.06. The van der Waals surface area contributed by atoms with E-state index in [1.54, 1.807) is 17.7 Å². The van der Waals surface area contributed by atoms with Crippen LogP contribution in [0.25, 0.3) is 11.0 Å². The van der Waals surface area contributed by atoms with E-state index in [1.165, 1.54) is 17.7 Å². The Labute approximate surface area is 138 Å². The van der Waals surface area contributed by atoms with Gasteiger partial charge in [-0.3, -0.25) is 13.9 Å². The number of carboxylic acids is 1. The topological polar surface area (TPSA) is 73.5 Å². The van der Waals surface area contributed by atoms with Gasteiger partial charge in [0.25, 0.3) is 0 Å². The van der Waals surface area contributed by atoms with Gasteiger partial charge in [-0.05, 0) is 31.6 Å². The fourth-order valence-electron chi connectivity index (χ4n) is 3.59. The van der Waals surface area contributed by atoms with E-state index in [-0.39, 0.29) is 23.3 Å². The monoisotopic (exact) mass is 336 g/mol. The van der Waals surface area contributed by atoms with Crippen LogP contribution in [0, 0.1) is 17.7 Å². The first-order chi connectivity index (χ1) is 11.4. The molecular weight excluding hydrogens is 315 g/mol. The van der Waals surface area contributed by atoms with Crippen molar-refractivity contribution in [3.63, 3.8) is 0 Å². The van der Waals surface area contributed by atoms with E-state index in [2.05, 4.69) is 0 Å². The number of ether oxygens (including phenoxy) is 1. The van der Waals surface area contributed by atoms with Crippen LogP contribution >= 0.6 is 0 Å². The van der Waals surface area contributed by atoms with Crippen LogP contribution in [0.1, 0.15) is 25.7 Å². The van der Waals surface area contributed by atoms with Gasteiger partial charge in [0.1, 0.15) is 0 Å². The molecule has 1 heterocycles.